The second-order valence-corrected chi connectivity index (χ2v) is 8.33. The molecule has 0 spiro atoms. The van der Waals surface area contributed by atoms with E-state index in [0.717, 1.165) is 37.0 Å². The molecule has 4 fully saturated rings. The van der Waals surface area contributed by atoms with E-state index in [1.54, 1.807) is 0 Å². The summed E-state index contributed by atoms with van der Waals surface area (Å²) in [7, 11) is 0. The summed E-state index contributed by atoms with van der Waals surface area (Å²) in [6, 6.07) is 0. The normalized spacial score (nSPS) is 37.8. The van der Waals surface area contributed by atoms with Gasteiger partial charge in [0, 0.05) is 13.0 Å². The van der Waals surface area contributed by atoms with Gasteiger partial charge in [-0.15, -0.1) is 0 Å². The lowest BCUT2D eigenvalue weighted by Gasteiger charge is -2.56. The highest BCUT2D eigenvalue weighted by Crippen LogP contribution is 2.61. The van der Waals surface area contributed by atoms with Crippen LogP contribution in [0.2, 0.25) is 0 Å². The maximum atomic E-state index is 12.7. The Morgan fingerprint density at radius 2 is 1.57 bits per heavy atom. The van der Waals surface area contributed by atoms with Crippen LogP contribution in [-0.2, 0) is 4.79 Å². The molecule has 0 aromatic rings. The molecular weight excluding hydrogens is 260 g/mol. The highest BCUT2D eigenvalue weighted by Gasteiger charge is 2.51. The third-order valence-corrected chi connectivity index (χ3v) is 6.85. The van der Waals surface area contributed by atoms with E-state index in [-0.39, 0.29) is 11.4 Å². The highest BCUT2D eigenvalue weighted by molar-refractivity contribution is 5.77. The molecule has 4 bridgehead atoms. The summed E-state index contributed by atoms with van der Waals surface area (Å²) in [5.41, 5.74) is 6.08. The van der Waals surface area contributed by atoms with Gasteiger partial charge in [0.15, 0.2) is 0 Å². The van der Waals surface area contributed by atoms with E-state index in [9.17, 15) is 4.79 Å². The van der Waals surface area contributed by atoms with Crippen LogP contribution in [0.15, 0.2) is 0 Å². The third-order valence-electron chi connectivity index (χ3n) is 6.85. The van der Waals surface area contributed by atoms with Crippen LogP contribution in [0.3, 0.4) is 0 Å². The summed E-state index contributed by atoms with van der Waals surface area (Å²) in [4.78, 5) is 12.7. The van der Waals surface area contributed by atoms with Crippen molar-refractivity contribution in [1.29, 1.82) is 0 Å². The molecule has 21 heavy (non-hydrogen) atoms. The molecule has 4 aliphatic carbocycles. The number of rotatable bonds is 6. The first kappa shape index (κ1) is 15.3. The number of nitrogens with two attached hydrogens (primary N) is 1. The van der Waals surface area contributed by atoms with Gasteiger partial charge in [0.2, 0.25) is 5.91 Å². The summed E-state index contributed by atoms with van der Waals surface area (Å²) >= 11 is 0. The minimum atomic E-state index is -0.181. The van der Waals surface area contributed by atoms with Gasteiger partial charge in [-0.25, -0.2) is 0 Å². The van der Waals surface area contributed by atoms with Crippen molar-refractivity contribution in [1.82, 2.24) is 5.32 Å². The number of hydrogen-bond acceptors (Lipinski definition) is 2. The van der Waals surface area contributed by atoms with Crippen molar-refractivity contribution in [3.05, 3.63) is 0 Å². The SMILES string of the molecule is CCC(CC)(CN)NC(=O)CC12CC3CC(CC(C3)C1)C2. The van der Waals surface area contributed by atoms with Crippen molar-refractivity contribution in [2.75, 3.05) is 6.54 Å². The van der Waals surface area contributed by atoms with Crippen molar-refractivity contribution < 1.29 is 4.79 Å². The summed E-state index contributed by atoms with van der Waals surface area (Å²) in [6.45, 7) is 4.80. The van der Waals surface area contributed by atoms with Crippen molar-refractivity contribution in [2.45, 2.75) is 77.2 Å². The maximum Gasteiger partial charge on any atom is 0.221 e. The molecule has 0 heterocycles. The zero-order valence-electron chi connectivity index (χ0n) is 13.8. The minimum absolute atomic E-state index is 0.181. The Kier molecular flexibility index (Phi) is 4.06. The van der Waals surface area contributed by atoms with Gasteiger partial charge in [0.1, 0.15) is 0 Å². The van der Waals surface area contributed by atoms with Crippen LogP contribution in [0, 0.1) is 23.2 Å². The monoisotopic (exact) mass is 292 g/mol. The fraction of sp³-hybridized carbons (Fsp3) is 0.944. The van der Waals surface area contributed by atoms with Crippen molar-refractivity contribution in [3.63, 3.8) is 0 Å². The summed E-state index contributed by atoms with van der Waals surface area (Å²) in [5.74, 6) is 3.01. The van der Waals surface area contributed by atoms with Crippen LogP contribution in [0.4, 0.5) is 0 Å². The molecule has 0 unspecified atom stereocenters. The van der Waals surface area contributed by atoms with Gasteiger partial charge in [-0.3, -0.25) is 4.79 Å². The molecule has 3 heteroatoms. The smallest absolute Gasteiger partial charge is 0.221 e. The predicted octanol–water partition coefficient (Wildman–Crippen LogP) is 3.23. The fourth-order valence-electron chi connectivity index (χ4n) is 5.95. The zero-order valence-corrected chi connectivity index (χ0v) is 13.8. The van der Waals surface area contributed by atoms with E-state index < -0.39 is 0 Å². The molecule has 1 amide bonds. The Hall–Kier alpha value is -0.570. The lowest BCUT2D eigenvalue weighted by Crippen LogP contribution is -2.55. The number of carbonyl (C=O) groups excluding carboxylic acids is 1. The molecule has 0 saturated heterocycles. The first-order valence-corrected chi connectivity index (χ1v) is 9.03. The van der Waals surface area contributed by atoms with Gasteiger partial charge in [-0.1, -0.05) is 13.8 Å². The van der Waals surface area contributed by atoms with E-state index in [1.165, 1.54) is 38.5 Å². The van der Waals surface area contributed by atoms with Crippen molar-refractivity contribution >= 4 is 5.91 Å². The second-order valence-electron chi connectivity index (χ2n) is 8.33. The first-order valence-electron chi connectivity index (χ1n) is 9.03. The summed E-state index contributed by atoms with van der Waals surface area (Å²) in [6.07, 6.45) is 10.8. The van der Waals surface area contributed by atoms with Gasteiger partial charge >= 0.3 is 0 Å². The Morgan fingerprint density at radius 1 is 1.10 bits per heavy atom. The first-order chi connectivity index (χ1) is 10.0. The average molecular weight is 292 g/mol. The molecule has 4 saturated carbocycles. The van der Waals surface area contributed by atoms with E-state index in [2.05, 4.69) is 19.2 Å². The summed E-state index contributed by atoms with van der Waals surface area (Å²) < 4.78 is 0. The van der Waals surface area contributed by atoms with E-state index in [1.807, 2.05) is 0 Å². The van der Waals surface area contributed by atoms with Gasteiger partial charge in [-0.2, -0.15) is 0 Å². The number of amides is 1. The number of carbonyl (C=O) groups is 1. The van der Waals surface area contributed by atoms with E-state index in [4.69, 9.17) is 5.73 Å². The number of nitrogens with one attached hydrogen (secondary N) is 1. The highest BCUT2D eigenvalue weighted by atomic mass is 16.1. The molecular formula is C18H32N2O. The Balaban J connectivity index is 1.65. The van der Waals surface area contributed by atoms with Crippen LogP contribution < -0.4 is 11.1 Å². The lowest BCUT2D eigenvalue weighted by molar-refractivity contribution is -0.131. The molecule has 120 valence electrons. The molecule has 3 N–H and O–H groups in total. The Morgan fingerprint density at radius 3 is 1.95 bits per heavy atom. The Labute approximate surface area is 129 Å². The third kappa shape index (κ3) is 2.86. The van der Waals surface area contributed by atoms with Crippen LogP contribution in [0.25, 0.3) is 0 Å². The molecule has 0 aliphatic heterocycles. The molecule has 4 aliphatic rings. The van der Waals surface area contributed by atoms with E-state index in [0.29, 0.717) is 12.0 Å². The summed E-state index contributed by atoms with van der Waals surface area (Å²) in [5, 5.41) is 3.29. The number of hydrogen-bond donors (Lipinski definition) is 2. The Bertz CT molecular complexity index is 356. The fourth-order valence-corrected chi connectivity index (χ4v) is 5.95. The maximum absolute atomic E-state index is 12.7. The van der Waals surface area contributed by atoms with Crippen LogP contribution in [0.1, 0.15) is 71.6 Å². The van der Waals surface area contributed by atoms with Crippen LogP contribution in [0.5, 0.6) is 0 Å². The van der Waals surface area contributed by atoms with Gasteiger partial charge in [0.25, 0.3) is 0 Å². The molecule has 0 aromatic carbocycles. The molecule has 3 nitrogen and oxygen atoms in total. The molecule has 0 atom stereocenters. The van der Waals surface area contributed by atoms with E-state index >= 15 is 0 Å². The van der Waals surface area contributed by atoms with Gasteiger partial charge < -0.3 is 11.1 Å². The molecule has 0 radical (unpaired) electrons. The van der Waals surface area contributed by atoms with Crippen LogP contribution >= 0.6 is 0 Å². The van der Waals surface area contributed by atoms with Gasteiger partial charge in [-0.05, 0) is 74.5 Å². The largest absolute Gasteiger partial charge is 0.349 e. The zero-order chi connectivity index (χ0) is 15.1. The van der Waals surface area contributed by atoms with Crippen molar-refractivity contribution in [3.8, 4) is 0 Å². The lowest BCUT2D eigenvalue weighted by atomic mass is 9.49. The average Bonchev–Trinajstić information content (AvgIpc) is 2.43. The molecule has 0 aromatic heterocycles. The second kappa shape index (κ2) is 5.57. The molecule has 4 rings (SSSR count). The standard InChI is InChI=1S/C18H32N2O/c1-3-18(4-2,12-19)20-16(21)11-17-8-13-5-14(9-17)7-15(6-13)10-17/h13-15H,3-12,19H2,1-2H3,(H,20,21). The quantitative estimate of drug-likeness (QED) is 0.789. The predicted molar refractivity (Wildman–Crippen MR) is 85.7 cm³/mol. The topological polar surface area (TPSA) is 55.1 Å². The van der Waals surface area contributed by atoms with Crippen molar-refractivity contribution in [2.24, 2.45) is 28.9 Å². The minimum Gasteiger partial charge on any atom is -0.349 e. The van der Waals surface area contributed by atoms with Gasteiger partial charge in [0.05, 0.1) is 5.54 Å². The van der Waals surface area contributed by atoms with Crippen LogP contribution in [-0.4, -0.2) is 18.0 Å².